The van der Waals surface area contributed by atoms with Crippen LogP contribution < -0.4 is 11.1 Å². The molecule has 2 rings (SSSR count). The molecule has 0 aliphatic rings. The van der Waals surface area contributed by atoms with Gasteiger partial charge >= 0.3 is 0 Å². The highest BCUT2D eigenvalue weighted by atomic mass is 19.1. The lowest BCUT2D eigenvalue weighted by Gasteiger charge is -2.26. The van der Waals surface area contributed by atoms with Gasteiger partial charge in [0.25, 0.3) is 0 Å². The van der Waals surface area contributed by atoms with Gasteiger partial charge in [0.15, 0.2) is 5.82 Å². The lowest BCUT2D eigenvalue weighted by molar-refractivity contribution is 0.234. The van der Waals surface area contributed by atoms with Crippen molar-refractivity contribution in [3.8, 4) is 0 Å². The number of anilines is 2. The molecule has 4 N–H and O–H groups in total. The summed E-state index contributed by atoms with van der Waals surface area (Å²) >= 11 is 0. The maximum Gasteiger partial charge on any atom is 0.150 e. The summed E-state index contributed by atoms with van der Waals surface area (Å²) < 4.78 is 14.0. The number of nitrogens with two attached hydrogens (primary N) is 1. The average Bonchev–Trinajstić information content (AvgIpc) is 2.34. The highest BCUT2D eigenvalue weighted by molar-refractivity contribution is 5.98. The molecule has 0 spiro atoms. The molecule has 1 heterocycles. The van der Waals surface area contributed by atoms with E-state index in [1.165, 1.54) is 6.07 Å². The van der Waals surface area contributed by atoms with Gasteiger partial charge in [0.1, 0.15) is 0 Å². The molecule has 18 heavy (non-hydrogen) atoms. The van der Waals surface area contributed by atoms with E-state index in [4.69, 9.17) is 5.73 Å². The summed E-state index contributed by atoms with van der Waals surface area (Å²) in [5.74, 6) is -0.472. The highest BCUT2D eigenvalue weighted by Gasteiger charge is 2.20. The van der Waals surface area contributed by atoms with Crippen molar-refractivity contribution >= 4 is 22.3 Å². The largest absolute Gasteiger partial charge is 0.398 e. The molecule has 0 aliphatic heterocycles. The number of halogens is 1. The minimum Gasteiger partial charge on any atom is -0.398 e. The Labute approximate surface area is 105 Å². The van der Waals surface area contributed by atoms with E-state index in [0.717, 1.165) is 0 Å². The van der Waals surface area contributed by atoms with E-state index in [9.17, 15) is 9.50 Å². The first-order valence-corrected chi connectivity index (χ1v) is 5.66. The Morgan fingerprint density at radius 1 is 1.50 bits per heavy atom. The van der Waals surface area contributed by atoms with Crippen molar-refractivity contribution < 1.29 is 9.50 Å². The topological polar surface area (TPSA) is 71.2 Å². The molecule has 0 saturated carbocycles. The van der Waals surface area contributed by atoms with Gasteiger partial charge in [-0.1, -0.05) is 0 Å². The predicted molar refractivity (Wildman–Crippen MR) is 70.9 cm³/mol. The number of nitrogens with one attached hydrogen (secondary N) is 1. The second-order valence-electron chi connectivity index (χ2n) is 4.89. The second kappa shape index (κ2) is 4.42. The molecule has 1 aromatic heterocycles. The summed E-state index contributed by atoms with van der Waals surface area (Å²) in [5, 5.41) is 12.9. The van der Waals surface area contributed by atoms with Crippen LogP contribution in [0.3, 0.4) is 0 Å². The fourth-order valence-electron chi connectivity index (χ4n) is 1.73. The molecule has 0 radical (unpaired) electrons. The van der Waals surface area contributed by atoms with Crippen molar-refractivity contribution in [2.75, 3.05) is 17.7 Å². The van der Waals surface area contributed by atoms with Crippen molar-refractivity contribution in [3.63, 3.8) is 0 Å². The normalized spacial score (nSPS) is 11.8. The van der Waals surface area contributed by atoms with Crippen molar-refractivity contribution in [1.29, 1.82) is 0 Å². The Morgan fingerprint density at radius 2 is 2.22 bits per heavy atom. The van der Waals surface area contributed by atoms with Crippen molar-refractivity contribution in [3.05, 3.63) is 30.2 Å². The molecule has 0 amide bonds. The van der Waals surface area contributed by atoms with Gasteiger partial charge in [0.05, 0.1) is 23.3 Å². The van der Waals surface area contributed by atoms with E-state index >= 15 is 0 Å². The number of benzene rings is 1. The van der Waals surface area contributed by atoms with Gasteiger partial charge in [-0.3, -0.25) is 4.98 Å². The van der Waals surface area contributed by atoms with Crippen LogP contribution in [0.1, 0.15) is 13.8 Å². The lowest BCUT2D eigenvalue weighted by Crippen LogP contribution is -2.35. The number of nitrogens with zero attached hydrogens (tertiary/aromatic N) is 1. The SMILES string of the molecule is CC(C)(CO)Nc1c(F)cc(N)c2cccnc12. The summed E-state index contributed by atoms with van der Waals surface area (Å²) in [4.78, 5) is 4.16. The zero-order valence-electron chi connectivity index (χ0n) is 10.4. The van der Waals surface area contributed by atoms with Gasteiger partial charge in [-0.2, -0.15) is 0 Å². The first kappa shape index (κ1) is 12.6. The summed E-state index contributed by atoms with van der Waals surface area (Å²) in [7, 11) is 0. The molecule has 0 atom stereocenters. The monoisotopic (exact) mass is 249 g/mol. The number of fused-ring (bicyclic) bond motifs is 1. The quantitative estimate of drug-likeness (QED) is 0.729. The number of aromatic nitrogens is 1. The van der Waals surface area contributed by atoms with Crippen LogP contribution in [-0.4, -0.2) is 22.2 Å². The Morgan fingerprint density at radius 3 is 2.89 bits per heavy atom. The fraction of sp³-hybridized carbons (Fsp3) is 0.308. The predicted octanol–water partition coefficient (Wildman–Crippen LogP) is 2.14. The van der Waals surface area contributed by atoms with Gasteiger partial charge < -0.3 is 16.2 Å². The fourth-order valence-corrected chi connectivity index (χ4v) is 1.73. The summed E-state index contributed by atoms with van der Waals surface area (Å²) in [6, 6.07) is 4.80. The van der Waals surface area contributed by atoms with Crippen molar-refractivity contribution in [2.24, 2.45) is 0 Å². The Bertz CT molecular complexity index is 584. The van der Waals surface area contributed by atoms with Crippen LogP contribution in [0.15, 0.2) is 24.4 Å². The molecule has 0 aliphatic carbocycles. The first-order chi connectivity index (χ1) is 8.44. The van der Waals surface area contributed by atoms with E-state index in [1.54, 1.807) is 32.2 Å². The summed E-state index contributed by atoms with van der Waals surface area (Å²) in [6.45, 7) is 3.43. The van der Waals surface area contributed by atoms with Crippen LogP contribution >= 0.6 is 0 Å². The van der Waals surface area contributed by atoms with Crippen molar-refractivity contribution in [2.45, 2.75) is 19.4 Å². The lowest BCUT2D eigenvalue weighted by atomic mass is 10.0. The number of hydrogen-bond acceptors (Lipinski definition) is 4. The number of aliphatic hydroxyl groups is 1. The van der Waals surface area contributed by atoms with Gasteiger partial charge in [0.2, 0.25) is 0 Å². The Hall–Kier alpha value is -1.88. The van der Waals surface area contributed by atoms with Gasteiger partial charge in [-0.25, -0.2) is 4.39 Å². The molecule has 1 aromatic carbocycles. The summed E-state index contributed by atoms with van der Waals surface area (Å²) in [5.41, 5.74) is 6.21. The van der Waals surface area contributed by atoms with Crippen molar-refractivity contribution in [1.82, 2.24) is 4.98 Å². The number of nitrogen functional groups attached to an aromatic ring is 1. The maximum absolute atomic E-state index is 14.0. The molecule has 4 nitrogen and oxygen atoms in total. The Kier molecular flexibility index (Phi) is 3.09. The van der Waals surface area contributed by atoms with Crippen LogP contribution in [0.25, 0.3) is 10.9 Å². The maximum atomic E-state index is 14.0. The molecular weight excluding hydrogens is 233 g/mol. The molecule has 2 aromatic rings. The number of hydrogen-bond donors (Lipinski definition) is 3. The van der Waals surface area contributed by atoms with Crippen LogP contribution in [0.5, 0.6) is 0 Å². The van der Waals surface area contributed by atoms with E-state index in [0.29, 0.717) is 16.6 Å². The van der Waals surface area contributed by atoms with E-state index in [1.807, 2.05) is 0 Å². The van der Waals surface area contributed by atoms with Gasteiger partial charge in [-0.05, 0) is 32.0 Å². The van der Waals surface area contributed by atoms with Crippen LogP contribution in [0.2, 0.25) is 0 Å². The molecule has 0 fully saturated rings. The zero-order valence-corrected chi connectivity index (χ0v) is 10.4. The standard InChI is InChI=1S/C13H16FN3O/c1-13(2,7-18)17-12-9(14)6-10(15)8-4-3-5-16-11(8)12/h3-6,17-18H,7,15H2,1-2H3. The van der Waals surface area contributed by atoms with Crippen LogP contribution in [0, 0.1) is 5.82 Å². The van der Waals surface area contributed by atoms with E-state index in [2.05, 4.69) is 10.3 Å². The molecule has 0 saturated heterocycles. The first-order valence-electron chi connectivity index (χ1n) is 5.66. The van der Waals surface area contributed by atoms with Crippen LogP contribution in [-0.2, 0) is 0 Å². The average molecular weight is 249 g/mol. The highest BCUT2D eigenvalue weighted by Crippen LogP contribution is 2.31. The van der Waals surface area contributed by atoms with Gasteiger partial charge in [-0.15, -0.1) is 0 Å². The third-order valence-corrected chi connectivity index (χ3v) is 2.74. The number of aliphatic hydroxyl groups excluding tert-OH is 1. The smallest absolute Gasteiger partial charge is 0.150 e. The second-order valence-corrected chi connectivity index (χ2v) is 4.89. The molecular formula is C13H16FN3O. The zero-order chi connectivity index (χ0) is 13.3. The summed E-state index contributed by atoms with van der Waals surface area (Å²) in [6.07, 6.45) is 1.58. The minimum atomic E-state index is -0.637. The third-order valence-electron chi connectivity index (χ3n) is 2.74. The Balaban J connectivity index is 2.63. The van der Waals surface area contributed by atoms with Gasteiger partial charge in [0, 0.05) is 17.3 Å². The number of pyridine rings is 1. The molecule has 0 unspecified atom stereocenters. The molecule has 96 valence electrons. The minimum absolute atomic E-state index is 0.120. The van der Waals surface area contributed by atoms with Crippen LogP contribution in [0.4, 0.5) is 15.8 Å². The molecule has 0 bridgehead atoms. The van der Waals surface area contributed by atoms with E-state index < -0.39 is 11.4 Å². The number of rotatable bonds is 3. The third kappa shape index (κ3) is 2.22. The molecule has 5 heteroatoms. The van der Waals surface area contributed by atoms with E-state index in [-0.39, 0.29) is 12.3 Å².